The molecule has 0 bridgehead atoms. The van der Waals surface area contributed by atoms with Crippen LogP contribution in [-0.4, -0.2) is 99.9 Å². The van der Waals surface area contributed by atoms with Crippen LogP contribution < -0.4 is 0 Å². The van der Waals surface area contributed by atoms with Crippen molar-refractivity contribution in [1.82, 2.24) is 14.7 Å². The van der Waals surface area contributed by atoms with E-state index in [0.717, 1.165) is 26.4 Å². The van der Waals surface area contributed by atoms with Gasteiger partial charge in [0.15, 0.2) is 0 Å². The molecule has 3 fully saturated rings. The van der Waals surface area contributed by atoms with E-state index < -0.39 is 0 Å². The zero-order valence-electron chi connectivity index (χ0n) is 16.2. The molecule has 0 saturated carbocycles. The first-order chi connectivity index (χ1) is 12.0. The van der Waals surface area contributed by atoms with E-state index in [1.165, 1.54) is 45.2 Å². The number of methoxy groups -OCH3 is 1. The Morgan fingerprint density at radius 3 is 2.52 bits per heavy atom. The molecule has 3 rings (SSSR count). The second-order valence-electron chi connectivity index (χ2n) is 8.39. The highest BCUT2D eigenvalue weighted by atomic mass is 16.5. The lowest BCUT2D eigenvalue weighted by Gasteiger charge is -2.43. The van der Waals surface area contributed by atoms with Crippen molar-refractivity contribution in [1.29, 1.82) is 0 Å². The third-order valence-corrected chi connectivity index (χ3v) is 6.49. The lowest BCUT2D eigenvalue weighted by atomic mass is 9.76. The Labute approximate surface area is 152 Å². The molecule has 25 heavy (non-hydrogen) atoms. The molecule has 0 N–H and O–H groups in total. The maximum absolute atomic E-state index is 12.2. The van der Waals surface area contributed by atoms with Gasteiger partial charge in [0, 0.05) is 53.0 Å². The Morgan fingerprint density at radius 1 is 1.24 bits per heavy atom. The third-order valence-electron chi connectivity index (χ3n) is 6.49. The van der Waals surface area contributed by atoms with E-state index in [-0.39, 0.29) is 5.91 Å². The molecule has 6 heteroatoms. The van der Waals surface area contributed by atoms with Gasteiger partial charge < -0.3 is 19.3 Å². The number of hydrogen-bond donors (Lipinski definition) is 0. The first-order valence-electron chi connectivity index (χ1n) is 9.78. The van der Waals surface area contributed by atoms with E-state index in [4.69, 9.17) is 9.47 Å². The van der Waals surface area contributed by atoms with Crippen LogP contribution in [0.3, 0.4) is 0 Å². The van der Waals surface area contributed by atoms with Crippen LogP contribution in [0.5, 0.6) is 0 Å². The number of rotatable bonds is 5. The van der Waals surface area contributed by atoms with Gasteiger partial charge in [-0.3, -0.25) is 9.69 Å². The summed E-state index contributed by atoms with van der Waals surface area (Å²) >= 11 is 0. The predicted octanol–water partition coefficient (Wildman–Crippen LogP) is 1.06. The molecule has 3 heterocycles. The van der Waals surface area contributed by atoms with Gasteiger partial charge in [0.25, 0.3) is 0 Å². The van der Waals surface area contributed by atoms with Crippen molar-refractivity contribution in [2.24, 2.45) is 5.41 Å². The molecule has 6 nitrogen and oxygen atoms in total. The van der Waals surface area contributed by atoms with E-state index in [1.54, 1.807) is 12.0 Å². The smallest absolute Gasteiger partial charge is 0.236 e. The maximum atomic E-state index is 12.2. The quantitative estimate of drug-likeness (QED) is 0.739. The van der Waals surface area contributed by atoms with Crippen LogP contribution in [0.25, 0.3) is 0 Å². The molecule has 1 amide bonds. The summed E-state index contributed by atoms with van der Waals surface area (Å²) in [5, 5.41) is 0. The molecule has 144 valence electrons. The number of hydrogen-bond acceptors (Lipinski definition) is 5. The first-order valence-corrected chi connectivity index (χ1v) is 9.78. The highest BCUT2D eigenvalue weighted by Gasteiger charge is 2.46. The van der Waals surface area contributed by atoms with Crippen molar-refractivity contribution < 1.29 is 14.3 Å². The number of likely N-dealkylation sites (tertiary alicyclic amines) is 2. The summed E-state index contributed by atoms with van der Waals surface area (Å²) in [6, 6.07) is 1.09. The van der Waals surface area contributed by atoms with Gasteiger partial charge in [0.1, 0.15) is 0 Å². The topological polar surface area (TPSA) is 45.3 Å². The van der Waals surface area contributed by atoms with Crippen LogP contribution in [0.4, 0.5) is 0 Å². The summed E-state index contributed by atoms with van der Waals surface area (Å²) in [7, 11) is 5.45. The summed E-state index contributed by atoms with van der Waals surface area (Å²) in [6.07, 6.45) is 6.03. The van der Waals surface area contributed by atoms with E-state index in [1.807, 2.05) is 14.1 Å². The Hall–Kier alpha value is -0.690. The number of carbonyl (C=O) groups is 1. The molecule has 3 saturated heterocycles. The highest BCUT2D eigenvalue weighted by molar-refractivity contribution is 5.77. The van der Waals surface area contributed by atoms with E-state index >= 15 is 0 Å². The van der Waals surface area contributed by atoms with Gasteiger partial charge in [-0.25, -0.2) is 0 Å². The number of ether oxygens (including phenoxy) is 2. The van der Waals surface area contributed by atoms with E-state index in [2.05, 4.69) is 9.80 Å². The Balaban J connectivity index is 1.57. The zero-order chi connectivity index (χ0) is 17.9. The van der Waals surface area contributed by atoms with Crippen LogP contribution >= 0.6 is 0 Å². The minimum absolute atomic E-state index is 0.192. The fraction of sp³-hybridized carbons (Fsp3) is 0.947. The number of piperidine rings is 1. The molecular formula is C19H35N3O3. The molecule has 0 radical (unpaired) electrons. The SMILES string of the molecule is COC[C@@H]1CC2(CCN(C3CCOCC3)CC2)CN1CC(=O)N(C)C. The van der Waals surface area contributed by atoms with Crippen LogP contribution in [0.2, 0.25) is 0 Å². The van der Waals surface area contributed by atoms with Gasteiger partial charge in [-0.15, -0.1) is 0 Å². The van der Waals surface area contributed by atoms with E-state index in [9.17, 15) is 4.79 Å². The van der Waals surface area contributed by atoms with Crippen molar-refractivity contribution in [3.05, 3.63) is 0 Å². The summed E-state index contributed by atoms with van der Waals surface area (Å²) in [5.41, 5.74) is 0.372. The zero-order valence-corrected chi connectivity index (χ0v) is 16.2. The molecule has 0 aromatic heterocycles. The van der Waals surface area contributed by atoms with Crippen LogP contribution in [-0.2, 0) is 14.3 Å². The largest absolute Gasteiger partial charge is 0.383 e. The van der Waals surface area contributed by atoms with Crippen molar-refractivity contribution in [2.45, 2.75) is 44.2 Å². The van der Waals surface area contributed by atoms with Gasteiger partial charge in [-0.05, 0) is 50.6 Å². The van der Waals surface area contributed by atoms with Gasteiger partial charge in [-0.1, -0.05) is 0 Å². The van der Waals surface area contributed by atoms with Crippen LogP contribution in [0, 0.1) is 5.41 Å². The van der Waals surface area contributed by atoms with Gasteiger partial charge in [0.2, 0.25) is 5.91 Å². The fourth-order valence-electron chi connectivity index (χ4n) is 4.89. The average Bonchev–Trinajstić information content (AvgIpc) is 2.93. The second-order valence-corrected chi connectivity index (χ2v) is 8.39. The molecule has 3 aliphatic rings. The van der Waals surface area contributed by atoms with Crippen LogP contribution in [0.1, 0.15) is 32.1 Å². The van der Waals surface area contributed by atoms with Crippen molar-refractivity contribution >= 4 is 5.91 Å². The summed E-state index contributed by atoms with van der Waals surface area (Å²) in [6.45, 7) is 6.52. The Morgan fingerprint density at radius 2 is 1.92 bits per heavy atom. The number of nitrogens with zero attached hydrogens (tertiary/aromatic N) is 3. The summed E-state index contributed by atoms with van der Waals surface area (Å²) in [4.78, 5) is 19.0. The highest BCUT2D eigenvalue weighted by Crippen LogP contribution is 2.44. The fourth-order valence-corrected chi connectivity index (χ4v) is 4.89. The van der Waals surface area contributed by atoms with Crippen molar-refractivity contribution in [3.63, 3.8) is 0 Å². The monoisotopic (exact) mass is 353 g/mol. The van der Waals surface area contributed by atoms with E-state index in [0.29, 0.717) is 24.0 Å². The summed E-state index contributed by atoms with van der Waals surface area (Å²) in [5.74, 6) is 0.192. The number of likely N-dealkylation sites (N-methyl/N-ethyl adjacent to an activating group) is 1. The minimum Gasteiger partial charge on any atom is -0.383 e. The third kappa shape index (κ3) is 4.54. The predicted molar refractivity (Wildman–Crippen MR) is 97.6 cm³/mol. The molecule has 0 aromatic rings. The maximum Gasteiger partial charge on any atom is 0.236 e. The van der Waals surface area contributed by atoms with Gasteiger partial charge in [0.05, 0.1) is 13.2 Å². The Bertz CT molecular complexity index is 443. The minimum atomic E-state index is 0.192. The molecule has 0 unspecified atom stereocenters. The molecule has 1 atom stereocenters. The molecule has 1 spiro atoms. The second kappa shape index (κ2) is 8.33. The summed E-state index contributed by atoms with van der Waals surface area (Å²) < 4.78 is 11.0. The molecule has 0 aromatic carbocycles. The lowest BCUT2D eigenvalue weighted by Crippen LogP contribution is -2.48. The number of amides is 1. The molecule has 0 aliphatic carbocycles. The molecular weight excluding hydrogens is 318 g/mol. The average molecular weight is 354 g/mol. The van der Waals surface area contributed by atoms with Gasteiger partial charge >= 0.3 is 0 Å². The van der Waals surface area contributed by atoms with Crippen molar-refractivity contribution in [2.75, 3.05) is 67.2 Å². The van der Waals surface area contributed by atoms with Gasteiger partial charge in [-0.2, -0.15) is 0 Å². The Kier molecular flexibility index (Phi) is 6.36. The van der Waals surface area contributed by atoms with Crippen molar-refractivity contribution in [3.8, 4) is 0 Å². The van der Waals surface area contributed by atoms with Crippen LogP contribution in [0.15, 0.2) is 0 Å². The molecule has 3 aliphatic heterocycles. The first kappa shape index (κ1) is 19.1. The standard InChI is InChI=1S/C19H35N3O3/c1-20(2)18(23)13-22-15-19(12-17(22)14-24-3)6-8-21(9-7-19)16-4-10-25-11-5-16/h16-17H,4-15H2,1-3H3/t17-/m0/s1. The normalized spacial score (nSPS) is 28.5. The number of carbonyl (C=O) groups excluding carboxylic acids is 1. The lowest BCUT2D eigenvalue weighted by molar-refractivity contribution is -0.130.